The van der Waals surface area contributed by atoms with E-state index in [0.717, 1.165) is 6.42 Å². The minimum Gasteiger partial charge on any atom is -0.450 e. The molecule has 1 N–H and O–H groups in total. The lowest BCUT2D eigenvalue weighted by molar-refractivity contribution is 0.0932. The number of aromatic nitrogens is 2. The molecule has 1 fully saturated rings. The van der Waals surface area contributed by atoms with Crippen molar-refractivity contribution in [1.29, 1.82) is 0 Å². The molecule has 1 aliphatic heterocycles. The number of ether oxygens (including phenoxy) is 1. The summed E-state index contributed by atoms with van der Waals surface area (Å²) in [6.45, 7) is 8.61. The zero-order chi connectivity index (χ0) is 17.5. The van der Waals surface area contributed by atoms with Crippen LogP contribution in [0.4, 0.5) is 10.6 Å². The molecule has 0 aromatic carbocycles. The van der Waals surface area contributed by atoms with E-state index >= 15 is 0 Å². The number of amides is 2. The molecule has 1 unspecified atom stereocenters. The molecule has 8 nitrogen and oxygen atoms in total. The molecule has 24 heavy (non-hydrogen) atoms. The summed E-state index contributed by atoms with van der Waals surface area (Å²) in [6, 6.07) is 3.57. The summed E-state index contributed by atoms with van der Waals surface area (Å²) in [5, 5.41) is 11.0. The molecule has 2 amide bonds. The van der Waals surface area contributed by atoms with Gasteiger partial charge < -0.3 is 19.9 Å². The Hall–Kier alpha value is -2.38. The largest absolute Gasteiger partial charge is 0.450 e. The van der Waals surface area contributed by atoms with Crippen molar-refractivity contribution in [3.63, 3.8) is 0 Å². The highest BCUT2D eigenvalue weighted by Crippen LogP contribution is 2.13. The van der Waals surface area contributed by atoms with Crippen LogP contribution in [0, 0.1) is 0 Å². The second-order valence-electron chi connectivity index (χ2n) is 5.73. The average molecular weight is 335 g/mol. The Morgan fingerprint density at radius 1 is 1.21 bits per heavy atom. The van der Waals surface area contributed by atoms with Gasteiger partial charge in [0, 0.05) is 32.2 Å². The summed E-state index contributed by atoms with van der Waals surface area (Å²) in [5.74, 6) is 0.495. The number of carbonyl (C=O) groups excluding carboxylic acids is 2. The van der Waals surface area contributed by atoms with Crippen LogP contribution in [0.15, 0.2) is 12.1 Å². The molecule has 0 bridgehead atoms. The molecule has 8 heteroatoms. The van der Waals surface area contributed by atoms with Crippen LogP contribution >= 0.6 is 0 Å². The Kier molecular flexibility index (Phi) is 6.34. The van der Waals surface area contributed by atoms with Gasteiger partial charge in [0.05, 0.1) is 6.61 Å². The predicted molar refractivity (Wildman–Crippen MR) is 90.1 cm³/mol. The van der Waals surface area contributed by atoms with Crippen LogP contribution < -0.4 is 10.2 Å². The van der Waals surface area contributed by atoms with Gasteiger partial charge in [-0.15, -0.1) is 10.2 Å². The number of nitrogens with zero attached hydrogens (tertiary/aromatic N) is 4. The van der Waals surface area contributed by atoms with Gasteiger partial charge in [0.2, 0.25) is 0 Å². The van der Waals surface area contributed by atoms with E-state index in [1.165, 1.54) is 0 Å². The molecule has 0 aliphatic carbocycles. The van der Waals surface area contributed by atoms with Gasteiger partial charge in [-0.25, -0.2) is 4.79 Å². The third-order valence-electron chi connectivity index (χ3n) is 4.00. The SMILES string of the molecule is CCOC(=O)N1CCN(c2ccc(C(=O)NC(C)CC)nn2)CC1. The van der Waals surface area contributed by atoms with Gasteiger partial charge in [0.1, 0.15) is 0 Å². The number of piperazine rings is 1. The Bertz CT molecular complexity index is 555. The van der Waals surface area contributed by atoms with Gasteiger partial charge in [-0.3, -0.25) is 4.79 Å². The second kappa shape index (κ2) is 8.47. The lowest BCUT2D eigenvalue weighted by Gasteiger charge is -2.34. The van der Waals surface area contributed by atoms with Crippen LogP contribution in [-0.2, 0) is 4.74 Å². The maximum absolute atomic E-state index is 12.0. The highest BCUT2D eigenvalue weighted by atomic mass is 16.6. The topological polar surface area (TPSA) is 87.7 Å². The number of anilines is 1. The Labute approximate surface area is 142 Å². The summed E-state index contributed by atoms with van der Waals surface area (Å²) in [6.07, 6.45) is 0.586. The number of hydrogen-bond acceptors (Lipinski definition) is 6. The molecule has 1 aliphatic rings. The van der Waals surface area contributed by atoms with Crippen LogP contribution in [0.2, 0.25) is 0 Å². The van der Waals surface area contributed by atoms with Crippen LogP contribution in [0.5, 0.6) is 0 Å². The monoisotopic (exact) mass is 335 g/mol. The summed E-state index contributed by atoms with van der Waals surface area (Å²) in [7, 11) is 0. The highest BCUT2D eigenvalue weighted by molar-refractivity contribution is 5.92. The summed E-state index contributed by atoms with van der Waals surface area (Å²) < 4.78 is 5.00. The lowest BCUT2D eigenvalue weighted by atomic mass is 10.2. The Balaban J connectivity index is 1.90. The third-order valence-corrected chi connectivity index (χ3v) is 4.00. The van der Waals surface area contributed by atoms with Crippen molar-refractivity contribution in [3.05, 3.63) is 17.8 Å². The van der Waals surface area contributed by atoms with Crippen LogP contribution in [-0.4, -0.2) is 65.9 Å². The molecular formula is C16H25N5O3. The number of nitrogens with one attached hydrogen (secondary N) is 1. The average Bonchev–Trinajstić information content (AvgIpc) is 2.62. The van der Waals surface area contributed by atoms with E-state index in [1.807, 2.05) is 18.7 Å². The zero-order valence-electron chi connectivity index (χ0n) is 14.5. The van der Waals surface area contributed by atoms with Crippen molar-refractivity contribution in [2.75, 3.05) is 37.7 Å². The van der Waals surface area contributed by atoms with Crippen LogP contribution in [0.1, 0.15) is 37.7 Å². The van der Waals surface area contributed by atoms with E-state index < -0.39 is 0 Å². The van der Waals surface area contributed by atoms with Crippen molar-refractivity contribution in [1.82, 2.24) is 20.4 Å². The first-order chi connectivity index (χ1) is 11.5. The van der Waals surface area contributed by atoms with E-state index in [2.05, 4.69) is 15.5 Å². The van der Waals surface area contributed by atoms with Crippen molar-refractivity contribution in [2.24, 2.45) is 0 Å². The first kappa shape index (κ1) is 18.0. The highest BCUT2D eigenvalue weighted by Gasteiger charge is 2.23. The number of rotatable bonds is 5. The molecule has 2 rings (SSSR count). The third kappa shape index (κ3) is 4.56. The zero-order valence-corrected chi connectivity index (χ0v) is 14.5. The van der Waals surface area contributed by atoms with Gasteiger partial charge in [-0.05, 0) is 32.4 Å². The fourth-order valence-corrected chi connectivity index (χ4v) is 2.35. The molecular weight excluding hydrogens is 310 g/mol. The Morgan fingerprint density at radius 2 is 1.92 bits per heavy atom. The molecule has 0 spiro atoms. The van der Waals surface area contributed by atoms with E-state index in [1.54, 1.807) is 24.0 Å². The maximum atomic E-state index is 12.0. The first-order valence-electron chi connectivity index (χ1n) is 8.36. The Morgan fingerprint density at radius 3 is 2.46 bits per heavy atom. The summed E-state index contributed by atoms with van der Waals surface area (Å²) in [5.41, 5.74) is 0.309. The van der Waals surface area contributed by atoms with Crippen molar-refractivity contribution < 1.29 is 14.3 Å². The fourth-order valence-electron chi connectivity index (χ4n) is 2.35. The van der Waals surface area contributed by atoms with Crippen molar-refractivity contribution in [2.45, 2.75) is 33.2 Å². The van der Waals surface area contributed by atoms with E-state index in [-0.39, 0.29) is 18.0 Å². The lowest BCUT2D eigenvalue weighted by Crippen LogP contribution is -2.49. The van der Waals surface area contributed by atoms with Gasteiger partial charge in [0.25, 0.3) is 5.91 Å². The van der Waals surface area contributed by atoms with E-state index in [4.69, 9.17) is 4.74 Å². The van der Waals surface area contributed by atoms with Gasteiger partial charge in [-0.1, -0.05) is 6.92 Å². The molecule has 0 radical (unpaired) electrons. The minimum absolute atomic E-state index is 0.106. The summed E-state index contributed by atoms with van der Waals surface area (Å²) >= 11 is 0. The standard InChI is InChI=1S/C16H25N5O3/c1-4-12(3)17-15(22)13-6-7-14(19-18-13)20-8-10-21(11-9-20)16(23)24-5-2/h6-7,12H,4-5,8-11H2,1-3H3,(H,17,22). The summed E-state index contributed by atoms with van der Waals surface area (Å²) in [4.78, 5) is 27.4. The molecule has 1 aromatic rings. The fraction of sp³-hybridized carbons (Fsp3) is 0.625. The molecule has 1 saturated heterocycles. The quantitative estimate of drug-likeness (QED) is 0.872. The molecule has 2 heterocycles. The molecule has 132 valence electrons. The smallest absolute Gasteiger partial charge is 0.409 e. The minimum atomic E-state index is -0.278. The van der Waals surface area contributed by atoms with Gasteiger partial charge in [-0.2, -0.15) is 0 Å². The van der Waals surface area contributed by atoms with Crippen LogP contribution in [0.3, 0.4) is 0 Å². The number of carbonyl (C=O) groups is 2. The normalized spacial score (nSPS) is 15.8. The van der Waals surface area contributed by atoms with Crippen LogP contribution in [0.25, 0.3) is 0 Å². The van der Waals surface area contributed by atoms with E-state index in [9.17, 15) is 9.59 Å². The molecule has 1 aromatic heterocycles. The van der Waals surface area contributed by atoms with Gasteiger partial charge in [0.15, 0.2) is 11.5 Å². The molecule has 1 atom stereocenters. The maximum Gasteiger partial charge on any atom is 0.409 e. The van der Waals surface area contributed by atoms with Crippen molar-refractivity contribution >= 4 is 17.8 Å². The number of hydrogen-bond donors (Lipinski definition) is 1. The second-order valence-corrected chi connectivity index (χ2v) is 5.73. The molecule has 0 saturated carbocycles. The predicted octanol–water partition coefficient (Wildman–Crippen LogP) is 1.28. The van der Waals surface area contributed by atoms with Gasteiger partial charge >= 0.3 is 6.09 Å². The van der Waals surface area contributed by atoms with E-state index in [0.29, 0.717) is 44.3 Å². The van der Waals surface area contributed by atoms with Crippen molar-refractivity contribution in [3.8, 4) is 0 Å². The first-order valence-corrected chi connectivity index (χ1v) is 8.36.